The molecule has 0 aromatic rings. The van der Waals surface area contributed by atoms with Crippen molar-refractivity contribution in [2.24, 2.45) is 0 Å². The fourth-order valence-corrected chi connectivity index (χ4v) is 0.968. The van der Waals surface area contributed by atoms with Gasteiger partial charge in [-0.05, 0) is 13.3 Å². The molecule has 1 aliphatic rings. The molecular formula is C6H12NO4-. The average molecular weight is 162 g/mol. The van der Waals surface area contributed by atoms with Crippen LogP contribution in [0.3, 0.4) is 0 Å². The molecule has 1 aliphatic heterocycles. The molecule has 0 aromatic carbocycles. The standard InChI is InChI=1S/C6H12NO4/c1-2-10-7(9)5-3-4-6(8)11-5/h5-6,8H,2-4H2,1H3/q-1/t5-,6-/m1/s1. The summed E-state index contributed by atoms with van der Waals surface area (Å²) in [7, 11) is 0. The number of aliphatic hydroxyl groups is 1. The lowest BCUT2D eigenvalue weighted by atomic mass is 10.3. The molecule has 1 saturated heterocycles. The molecule has 0 amide bonds. The first-order chi connectivity index (χ1) is 5.24. The van der Waals surface area contributed by atoms with E-state index in [2.05, 4.69) is 4.84 Å². The van der Waals surface area contributed by atoms with E-state index in [1.165, 1.54) is 0 Å². The summed E-state index contributed by atoms with van der Waals surface area (Å²) in [5, 5.41) is 20.1. The minimum absolute atomic E-state index is 0.319. The van der Waals surface area contributed by atoms with Gasteiger partial charge in [0.1, 0.15) is 6.23 Å². The van der Waals surface area contributed by atoms with Crippen LogP contribution in [0.1, 0.15) is 19.8 Å². The molecule has 5 heteroatoms. The second kappa shape index (κ2) is 3.99. The number of ether oxygens (including phenoxy) is 1. The largest absolute Gasteiger partial charge is 0.760 e. The van der Waals surface area contributed by atoms with E-state index in [1.807, 2.05) is 0 Å². The quantitative estimate of drug-likeness (QED) is 0.600. The predicted molar refractivity (Wildman–Crippen MR) is 36.9 cm³/mol. The monoisotopic (exact) mass is 162 g/mol. The average Bonchev–Trinajstić information content (AvgIpc) is 2.36. The third-order valence-electron chi connectivity index (χ3n) is 1.47. The Morgan fingerprint density at radius 3 is 2.91 bits per heavy atom. The molecule has 0 spiro atoms. The summed E-state index contributed by atoms with van der Waals surface area (Å²) in [5.74, 6) is 0. The highest BCUT2D eigenvalue weighted by Gasteiger charge is 2.24. The molecular weight excluding hydrogens is 150 g/mol. The maximum absolute atomic E-state index is 10.8. The van der Waals surface area contributed by atoms with Crippen LogP contribution in [0.25, 0.3) is 0 Å². The molecule has 5 nitrogen and oxygen atoms in total. The van der Waals surface area contributed by atoms with Gasteiger partial charge in [-0.3, -0.25) is 0 Å². The first-order valence-electron chi connectivity index (χ1n) is 3.67. The summed E-state index contributed by atoms with van der Waals surface area (Å²) in [6.45, 7) is 2.04. The van der Waals surface area contributed by atoms with Crippen molar-refractivity contribution in [3.8, 4) is 0 Å². The van der Waals surface area contributed by atoms with Gasteiger partial charge in [-0.1, -0.05) is 0 Å². The minimum atomic E-state index is -0.808. The van der Waals surface area contributed by atoms with Gasteiger partial charge in [0.25, 0.3) is 0 Å². The first-order valence-corrected chi connectivity index (χ1v) is 3.67. The molecule has 2 atom stereocenters. The summed E-state index contributed by atoms with van der Waals surface area (Å²) >= 11 is 0. The molecule has 66 valence electrons. The maximum atomic E-state index is 10.8. The van der Waals surface area contributed by atoms with Crippen molar-refractivity contribution in [3.63, 3.8) is 0 Å². The Bertz CT molecular complexity index is 121. The zero-order valence-corrected chi connectivity index (χ0v) is 6.40. The summed E-state index contributed by atoms with van der Waals surface area (Å²) in [6.07, 6.45) is -0.428. The number of hydrogen-bond donors (Lipinski definition) is 1. The fraction of sp³-hybridized carbons (Fsp3) is 1.00. The van der Waals surface area contributed by atoms with Gasteiger partial charge in [-0.15, -0.1) is 0 Å². The zero-order valence-electron chi connectivity index (χ0n) is 6.40. The second-order valence-corrected chi connectivity index (χ2v) is 2.33. The van der Waals surface area contributed by atoms with Crippen molar-refractivity contribution < 1.29 is 14.7 Å². The molecule has 0 aromatic heterocycles. The maximum Gasteiger partial charge on any atom is 0.156 e. The normalized spacial score (nSPS) is 31.6. The zero-order chi connectivity index (χ0) is 8.27. The van der Waals surface area contributed by atoms with Crippen LogP contribution in [0, 0.1) is 5.21 Å². The van der Waals surface area contributed by atoms with Crippen LogP contribution in [0.5, 0.6) is 0 Å². The van der Waals surface area contributed by atoms with E-state index in [0.717, 1.165) is 0 Å². The van der Waals surface area contributed by atoms with Gasteiger partial charge in [0.05, 0.1) is 6.61 Å². The van der Waals surface area contributed by atoms with Crippen LogP contribution >= 0.6 is 0 Å². The first kappa shape index (κ1) is 8.89. The van der Waals surface area contributed by atoms with Crippen molar-refractivity contribution in [2.45, 2.75) is 32.3 Å². The number of hydroxylamine groups is 2. The molecule has 0 bridgehead atoms. The van der Waals surface area contributed by atoms with E-state index < -0.39 is 12.5 Å². The lowest BCUT2D eigenvalue weighted by Crippen LogP contribution is -2.30. The van der Waals surface area contributed by atoms with E-state index in [-0.39, 0.29) is 0 Å². The Morgan fingerprint density at radius 2 is 2.45 bits per heavy atom. The van der Waals surface area contributed by atoms with Crippen molar-refractivity contribution in [2.75, 3.05) is 6.61 Å². The third-order valence-corrected chi connectivity index (χ3v) is 1.47. The smallest absolute Gasteiger partial charge is 0.156 e. The molecule has 0 radical (unpaired) electrons. The topological polar surface area (TPSA) is 65.0 Å². The van der Waals surface area contributed by atoms with Crippen LogP contribution in [0.2, 0.25) is 0 Å². The highest BCUT2D eigenvalue weighted by atomic mass is 16.9. The van der Waals surface area contributed by atoms with Crippen molar-refractivity contribution >= 4 is 0 Å². The minimum Gasteiger partial charge on any atom is -0.760 e. The lowest BCUT2D eigenvalue weighted by Gasteiger charge is -2.31. The second-order valence-electron chi connectivity index (χ2n) is 2.33. The molecule has 1 N–H and O–H groups in total. The Kier molecular flexibility index (Phi) is 3.22. The molecule has 0 unspecified atom stereocenters. The number of rotatable bonds is 3. The molecule has 1 rings (SSSR count). The highest BCUT2D eigenvalue weighted by Crippen LogP contribution is 2.20. The van der Waals surface area contributed by atoms with Gasteiger partial charge < -0.3 is 19.9 Å². The van der Waals surface area contributed by atoms with Crippen LogP contribution in [-0.4, -0.2) is 29.5 Å². The Balaban J connectivity index is 2.25. The van der Waals surface area contributed by atoms with E-state index in [9.17, 15) is 5.21 Å². The van der Waals surface area contributed by atoms with Gasteiger partial charge in [0.2, 0.25) is 0 Å². The summed E-state index contributed by atoms with van der Waals surface area (Å²) in [4.78, 5) is 4.62. The van der Waals surface area contributed by atoms with Crippen molar-refractivity contribution in [1.82, 2.24) is 5.23 Å². The Labute approximate surface area is 65.0 Å². The van der Waals surface area contributed by atoms with E-state index >= 15 is 0 Å². The molecule has 1 fully saturated rings. The molecule has 0 saturated carbocycles. The number of nitrogens with zero attached hydrogens (tertiary/aromatic N) is 1. The SMILES string of the molecule is CCON([O-])[C@H]1CC[C@H](O)O1. The Morgan fingerprint density at radius 1 is 1.73 bits per heavy atom. The highest BCUT2D eigenvalue weighted by molar-refractivity contribution is 4.64. The van der Waals surface area contributed by atoms with Gasteiger partial charge in [0.15, 0.2) is 6.29 Å². The summed E-state index contributed by atoms with van der Waals surface area (Å²) < 4.78 is 4.82. The Hall–Kier alpha value is -0.200. The number of hydrogen-bond acceptors (Lipinski definition) is 5. The van der Waals surface area contributed by atoms with Crippen molar-refractivity contribution in [3.05, 3.63) is 5.21 Å². The summed E-state index contributed by atoms with van der Waals surface area (Å²) in [5.41, 5.74) is 0. The fourth-order valence-electron chi connectivity index (χ4n) is 0.968. The van der Waals surface area contributed by atoms with E-state index in [4.69, 9.17) is 9.84 Å². The molecule has 1 heterocycles. The number of aliphatic hydroxyl groups excluding tert-OH is 1. The van der Waals surface area contributed by atoms with Gasteiger partial charge in [-0.2, -0.15) is 0 Å². The van der Waals surface area contributed by atoms with Crippen LogP contribution in [0.4, 0.5) is 0 Å². The summed E-state index contributed by atoms with van der Waals surface area (Å²) in [6, 6.07) is 0. The van der Waals surface area contributed by atoms with Crippen LogP contribution in [0.15, 0.2) is 0 Å². The van der Waals surface area contributed by atoms with E-state index in [0.29, 0.717) is 24.7 Å². The van der Waals surface area contributed by atoms with Crippen LogP contribution in [-0.2, 0) is 9.57 Å². The predicted octanol–water partition coefficient (Wildman–Crippen LogP) is 0.193. The van der Waals surface area contributed by atoms with Crippen LogP contribution < -0.4 is 0 Å². The molecule has 0 aliphatic carbocycles. The van der Waals surface area contributed by atoms with E-state index in [1.54, 1.807) is 6.92 Å². The lowest BCUT2D eigenvalue weighted by molar-refractivity contribution is -0.236. The van der Waals surface area contributed by atoms with Gasteiger partial charge in [0, 0.05) is 6.42 Å². The molecule has 11 heavy (non-hydrogen) atoms. The van der Waals surface area contributed by atoms with Gasteiger partial charge >= 0.3 is 0 Å². The third kappa shape index (κ3) is 2.39. The van der Waals surface area contributed by atoms with Gasteiger partial charge in [-0.25, -0.2) is 5.23 Å². The van der Waals surface area contributed by atoms with Crippen molar-refractivity contribution in [1.29, 1.82) is 0 Å².